The van der Waals surface area contributed by atoms with Gasteiger partial charge in [-0.15, -0.1) is 11.3 Å². The van der Waals surface area contributed by atoms with Gasteiger partial charge in [-0.2, -0.15) is 0 Å². The molecule has 0 aliphatic carbocycles. The summed E-state index contributed by atoms with van der Waals surface area (Å²) >= 11 is 1.37. The second-order valence-electron chi connectivity index (χ2n) is 7.05. The van der Waals surface area contributed by atoms with Crippen molar-refractivity contribution in [3.63, 3.8) is 0 Å². The number of hydrogen-bond acceptors (Lipinski definition) is 5. The molecular weight excluding hydrogens is 376 g/mol. The van der Waals surface area contributed by atoms with Crippen molar-refractivity contribution in [2.24, 2.45) is 0 Å². The molecule has 4 rings (SSSR count). The van der Waals surface area contributed by atoms with Crippen molar-refractivity contribution in [2.75, 3.05) is 31.1 Å². The molecule has 6 nitrogen and oxygen atoms in total. The first kappa shape index (κ1) is 18.7. The van der Waals surface area contributed by atoms with Gasteiger partial charge in [0.2, 0.25) is 11.7 Å². The van der Waals surface area contributed by atoms with E-state index in [1.807, 2.05) is 16.3 Å². The molecule has 2 aromatic rings. The SMILES string of the molecule is O=C(c1ccc2c(c1)N(CC(=O)N1CCCCCC1)C(=O)CO2)c1cccs1. The van der Waals surface area contributed by atoms with Gasteiger partial charge in [-0.3, -0.25) is 19.3 Å². The summed E-state index contributed by atoms with van der Waals surface area (Å²) in [7, 11) is 0. The van der Waals surface area contributed by atoms with E-state index < -0.39 is 0 Å². The molecule has 2 aliphatic heterocycles. The van der Waals surface area contributed by atoms with E-state index >= 15 is 0 Å². The van der Waals surface area contributed by atoms with Crippen molar-refractivity contribution < 1.29 is 19.1 Å². The average molecular weight is 398 g/mol. The van der Waals surface area contributed by atoms with Crippen LogP contribution in [0.3, 0.4) is 0 Å². The Hall–Kier alpha value is -2.67. The quantitative estimate of drug-likeness (QED) is 0.743. The van der Waals surface area contributed by atoms with Gasteiger partial charge in [0.15, 0.2) is 6.61 Å². The highest BCUT2D eigenvalue weighted by atomic mass is 32.1. The van der Waals surface area contributed by atoms with Crippen LogP contribution in [0.15, 0.2) is 35.7 Å². The number of thiophene rings is 1. The van der Waals surface area contributed by atoms with Gasteiger partial charge in [-0.1, -0.05) is 18.9 Å². The van der Waals surface area contributed by atoms with E-state index in [-0.39, 0.29) is 30.7 Å². The third kappa shape index (κ3) is 3.80. The zero-order valence-corrected chi connectivity index (χ0v) is 16.4. The Morgan fingerprint density at radius 3 is 2.57 bits per heavy atom. The smallest absolute Gasteiger partial charge is 0.265 e. The van der Waals surface area contributed by atoms with Gasteiger partial charge >= 0.3 is 0 Å². The van der Waals surface area contributed by atoms with Crippen LogP contribution in [0.1, 0.15) is 40.9 Å². The molecule has 1 saturated heterocycles. The largest absolute Gasteiger partial charge is 0.482 e. The molecule has 7 heteroatoms. The summed E-state index contributed by atoms with van der Waals surface area (Å²) in [6.45, 7) is 1.35. The van der Waals surface area contributed by atoms with Gasteiger partial charge < -0.3 is 9.64 Å². The van der Waals surface area contributed by atoms with E-state index in [9.17, 15) is 14.4 Å². The Kier molecular flexibility index (Phi) is 5.43. The maximum absolute atomic E-state index is 12.8. The zero-order chi connectivity index (χ0) is 19.5. The number of benzene rings is 1. The summed E-state index contributed by atoms with van der Waals surface area (Å²) in [5.74, 6) is 0.0927. The van der Waals surface area contributed by atoms with Crippen molar-refractivity contribution in [3.8, 4) is 5.75 Å². The minimum Gasteiger partial charge on any atom is -0.482 e. The number of ketones is 1. The molecule has 2 amide bonds. The molecule has 0 atom stereocenters. The molecule has 1 fully saturated rings. The first-order valence-electron chi connectivity index (χ1n) is 9.56. The van der Waals surface area contributed by atoms with E-state index in [0.29, 0.717) is 21.9 Å². The summed E-state index contributed by atoms with van der Waals surface area (Å²) in [6, 6.07) is 8.66. The topological polar surface area (TPSA) is 66.9 Å². The molecule has 0 N–H and O–H groups in total. The van der Waals surface area contributed by atoms with Crippen LogP contribution in [-0.2, 0) is 9.59 Å². The lowest BCUT2D eigenvalue weighted by Crippen LogP contribution is -2.46. The monoisotopic (exact) mass is 398 g/mol. The molecule has 1 aromatic heterocycles. The van der Waals surface area contributed by atoms with E-state index in [4.69, 9.17) is 4.74 Å². The normalized spacial score (nSPS) is 16.9. The van der Waals surface area contributed by atoms with E-state index in [0.717, 1.165) is 38.8 Å². The third-order valence-electron chi connectivity index (χ3n) is 5.16. The van der Waals surface area contributed by atoms with Gasteiger partial charge in [0.1, 0.15) is 12.3 Å². The van der Waals surface area contributed by atoms with Crippen LogP contribution in [0.25, 0.3) is 0 Å². The molecule has 146 valence electrons. The second-order valence-corrected chi connectivity index (χ2v) is 8.00. The van der Waals surface area contributed by atoms with Crippen LogP contribution in [0.4, 0.5) is 5.69 Å². The van der Waals surface area contributed by atoms with Crippen LogP contribution in [-0.4, -0.2) is 48.7 Å². The van der Waals surface area contributed by atoms with Crippen molar-refractivity contribution >= 4 is 34.6 Å². The number of carbonyl (C=O) groups is 3. The fraction of sp³-hybridized carbons (Fsp3) is 0.381. The van der Waals surface area contributed by atoms with Crippen LogP contribution in [0.2, 0.25) is 0 Å². The highest BCUT2D eigenvalue weighted by Crippen LogP contribution is 2.34. The van der Waals surface area contributed by atoms with Crippen molar-refractivity contribution in [2.45, 2.75) is 25.7 Å². The number of nitrogens with zero attached hydrogens (tertiary/aromatic N) is 2. The molecular formula is C21H22N2O4S. The first-order chi connectivity index (χ1) is 13.6. The van der Waals surface area contributed by atoms with Gasteiger partial charge in [-0.25, -0.2) is 0 Å². The van der Waals surface area contributed by atoms with Crippen LogP contribution >= 0.6 is 11.3 Å². The predicted octanol–water partition coefficient (Wildman–Crippen LogP) is 3.11. The lowest BCUT2D eigenvalue weighted by Gasteiger charge is -2.31. The maximum atomic E-state index is 12.8. The second kappa shape index (κ2) is 8.14. The molecule has 28 heavy (non-hydrogen) atoms. The summed E-state index contributed by atoms with van der Waals surface area (Å²) in [5.41, 5.74) is 0.966. The Bertz CT molecular complexity index is 886. The van der Waals surface area contributed by atoms with Crippen molar-refractivity contribution in [1.82, 2.24) is 4.90 Å². The highest BCUT2D eigenvalue weighted by Gasteiger charge is 2.30. The number of likely N-dealkylation sites (tertiary alicyclic amines) is 1. The number of anilines is 1. The van der Waals surface area contributed by atoms with Gasteiger partial charge in [0.25, 0.3) is 5.91 Å². The third-order valence-corrected chi connectivity index (χ3v) is 6.03. The van der Waals surface area contributed by atoms with Crippen molar-refractivity contribution in [3.05, 3.63) is 46.2 Å². The molecule has 2 aliphatic rings. The minimum atomic E-state index is -0.267. The number of carbonyl (C=O) groups excluding carboxylic acids is 3. The molecule has 0 saturated carbocycles. The summed E-state index contributed by atoms with van der Waals surface area (Å²) in [5, 5.41) is 1.85. The molecule has 0 spiro atoms. The molecule has 3 heterocycles. The molecule has 0 unspecified atom stereocenters. The summed E-state index contributed by atoms with van der Waals surface area (Å²) in [6.07, 6.45) is 4.27. The van der Waals surface area contributed by atoms with Crippen molar-refractivity contribution in [1.29, 1.82) is 0 Å². The predicted molar refractivity (Wildman–Crippen MR) is 107 cm³/mol. The van der Waals surface area contributed by atoms with E-state index in [1.54, 1.807) is 24.3 Å². The average Bonchev–Trinajstić information content (AvgIpc) is 3.11. The fourth-order valence-electron chi connectivity index (χ4n) is 3.62. The number of fused-ring (bicyclic) bond motifs is 1. The van der Waals surface area contributed by atoms with Crippen LogP contribution in [0, 0.1) is 0 Å². The zero-order valence-electron chi connectivity index (χ0n) is 15.6. The van der Waals surface area contributed by atoms with Gasteiger partial charge in [0, 0.05) is 18.7 Å². The van der Waals surface area contributed by atoms with E-state index in [1.165, 1.54) is 16.2 Å². The summed E-state index contributed by atoms with van der Waals surface area (Å²) < 4.78 is 5.51. The molecule has 0 radical (unpaired) electrons. The standard InChI is InChI=1S/C21H22N2O4S/c24-19(22-9-3-1-2-4-10-22)13-23-16-12-15(21(26)18-6-5-11-28-18)7-8-17(16)27-14-20(23)25/h5-8,11-12H,1-4,9-10,13-14H2. The minimum absolute atomic E-state index is 0.0220. The maximum Gasteiger partial charge on any atom is 0.265 e. The van der Waals surface area contributed by atoms with Crippen LogP contribution < -0.4 is 9.64 Å². The first-order valence-corrected chi connectivity index (χ1v) is 10.4. The molecule has 1 aromatic carbocycles. The number of amides is 2. The fourth-order valence-corrected chi connectivity index (χ4v) is 4.31. The Morgan fingerprint density at radius 1 is 1.07 bits per heavy atom. The van der Waals surface area contributed by atoms with Gasteiger partial charge in [0.05, 0.1) is 10.6 Å². The lowest BCUT2D eigenvalue weighted by atomic mass is 10.1. The highest BCUT2D eigenvalue weighted by molar-refractivity contribution is 7.12. The summed E-state index contributed by atoms with van der Waals surface area (Å²) in [4.78, 5) is 41.9. The van der Waals surface area contributed by atoms with Gasteiger partial charge in [-0.05, 0) is 42.5 Å². The molecule has 0 bridgehead atoms. The lowest BCUT2D eigenvalue weighted by molar-refractivity contribution is -0.132. The Balaban J connectivity index is 1.59. The van der Waals surface area contributed by atoms with Crippen LogP contribution in [0.5, 0.6) is 5.75 Å². The Morgan fingerprint density at radius 2 is 1.86 bits per heavy atom. The number of ether oxygens (including phenoxy) is 1. The Labute approximate surface area is 167 Å². The number of hydrogen-bond donors (Lipinski definition) is 0. The number of rotatable bonds is 4. The van der Waals surface area contributed by atoms with E-state index in [2.05, 4.69) is 0 Å².